The number of quaternary nitrogens is 1. The molecule has 0 unspecified atom stereocenters. The van der Waals surface area contributed by atoms with Gasteiger partial charge in [-0.2, -0.15) is 0 Å². The monoisotopic (exact) mass is 225 g/mol. The minimum atomic E-state index is 1.03. The van der Waals surface area contributed by atoms with E-state index in [-0.39, 0.29) is 0 Å². The number of likely N-dealkylation sites (tertiary alicyclic amines) is 1. The van der Waals surface area contributed by atoms with Crippen LogP contribution in [0.2, 0.25) is 0 Å². The molecule has 2 aliphatic rings. The lowest BCUT2D eigenvalue weighted by Gasteiger charge is -2.32. The van der Waals surface area contributed by atoms with Gasteiger partial charge in [-0.15, -0.1) is 0 Å². The van der Waals surface area contributed by atoms with E-state index in [1.54, 1.807) is 0 Å². The highest BCUT2D eigenvalue weighted by Crippen LogP contribution is 2.21. The summed E-state index contributed by atoms with van der Waals surface area (Å²) in [6, 6.07) is 0. The lowest BCUT2D eigenvalue weighted by atomic mass is 9.92. The Bertz CT molecular complexity index is 179. The van der Waals surface area contributed by atoms with Crippen molar-refractivity contribution in [2.45, 2.75) is 45.4 Å². The van der Waals surface area contributed by atoms with Gasteiger partial charge in [-0.05, 0) is 63.6 Å². The largest absolute Gasteiger partial charge is 0.346 e. The molecule has 0 atom stereocenters. The lowest BCUT2D eigenvalue weighted by Crippen LogP contribution is -2.86. The Hall–Kier alpha value is -0.0800. The molecule has 2 aliphatic heterocycles. The number of rotatable bonds is 4. The molecule has 0 amide bonds. The van der Waals surface area contributed by atoms with Gasteiger partial charge in [0.25, 0.3) is 0 Å². The highest BCUT2D eigenvalue weighted by molar-refractivity contribution is 4.72. The van der Waals surface area contributed by atoms with Crippen molar-refractivity contribution in [1.82, 2.24) is 4.90 Å². The van der Waals surface area contributed by atoms with Gasteiger partial charge in [-0.25, -0.2) is 0 Å². The molecule has 0 bridgehead atoms. The molecule has 94 valence electrons. The van der Waals surface area contributed by atoms with Crippen molar-refractivity contribution in [3.8, 4) is 0 Å². The summed E-state index contributed by atoms with van der Waals surface area (Å²) in [5.74, 6) is 2.06. The second kappa shape index (κ2) is 6.61. The molecule has 0 spiro atoms. The average molecular weight is 225 g/mol. The molecule has 16 heavy (non-hydrogen) atoms. The third-order valence-corrected chi connectivity index (χ3v) is 4.70. The summed E-state index contributed by atoms with van der Waals surface area (Å²) >= 11 is 0. The summed E-state index contributed by atoms with van der Waals surface area (Å²) in [7, 11) is 0. The Balaban J connectivity index is 1.59. The van der Waals surface area contributed by atoms with Gasteiger partial charge in [0.15, 0.2) is 0 Å². The zero-order valence-corrected chi connectivity index (χ0v) is 11.0. The molecule has 0 aromatic heterocycles. The first-order valence-corrected chi connectivity index (χ1v) is 7.42. The molecule has 0 aromatic carbocycles. The Morgan fingerprint density at radius 1 is 1.00 bits per heavy atom. The molecule has 2 heteroatoms. The maximum Gasteiger partial charge on any atom is 0.0758 e. The van der Waals surface area contributed by atoms with Gasteiger partial charge in [0.2, 0.25) is 0 Å². The number of hydrogen-bond donors (Lipinski definition) is 1. The van der Waals surface area contributed by atoms with E-state index in [1.807, 2.05) is 0 Å². The number of nitrogens with zero attached hydrogens (tertiary/aromatic N) is 1. The summed E-state index contributed by atoms with van der Waals surface area (Å²) in [5.41, 5.74) is 0. The minimum absolute atomic E-state index is 1.03. The van der Waals surface area contributed by atoms with Gasteiger partial charge in [-0.1, -0.05) is 13.3 Å². The van der Waals surface area contributed by atoms with Crippen molar-refractivity contribution in [2.24, 2.45) is 11.8 Å². The first kappa shape index (κ1) is 12.4. The maximum absolute atomic E-state index is 2.71. The Morgan fingerprint density at radius 2 is 1.69 bits per heavy atom. The first-order valence-electron chi connectivity index (χ1n) is 7.42. The third-order valence-electron chi connectivity index (χ3n) is 4.70. The van der Waals surface area contributed by atoms with Crippen LogP contribution >= 0.6 is 0 Å². The summed E-state index contributed by atoms with van der Waals surface area (Å²) in [6.07, 6.45) is 8.69. The van der Waals surface area contributed by atoms with Crippen LogP contribution in [-0.2, 0) is 0 Å². The quantitative estimate of drug-likeness (QED) is 0.768. The second-order valence-electron chi connectivity index (χ2n) is 5.79. The van der Waals surface area contributed by atoms with Crippen molar-refractivity contribution >= 4 is 0 Å². The van der Waals surface area contributed by atoms with E-state index in [0.29, 0.717) is 0 Å². The van der Waals surface area contributed by atoms with Crippen LogP contribution in [0.3, 0.4) is 0 Å². The van der Waals surface area contributed by atoms with Crippen LogP contribution in [0.5, 0.6) is 0 Å². The van der Waals surface area contributed by atoms with Crippen LogP contribution in [0.1, 0.15) is 45.4 Å². The van der Waals surface area contributed by atoms with Crippen LogP contribution in [0.15, 0.2) is 0 Å². The van der Waals surface area contributed by atoms with Gasteiger partial charge in [0.1, 0.15) is 0 Å². The number of hydrogen-bond acceptors (Lipinski definition) is 1. The Kier molecular flexibility index (Phi) is 5.11. The van der Waals surface area contributed by atoms with Crippen LogP contribution in [0.25, 0.3) is 0 Å². The molecule has 2 heterocycles. The van der Waals surface area contributed by atoms with Crippen LogP contribution in [0.4, 0.5) is 0 Å². The zero-order valence-electron chi connectivity index (χ0n) is 11.0. The molecule has 2 N–H and O–H groups in total. The molecular weight excluding hydrogens is 196 g/mol. The molecule has 0 radical (unpaired) electrons. The third kappa shape index (κ3) is 3.74. The van der Waals surface area contributed by atoms with E-state index in [9.17, 15) is 0 Å². The normalized spacial score (nSPS) is 26.1. The summed E-state index contributed by atoms with van der Waals surface area (Å²) in [5, 5.41) is 2.48. The number of nitrogens with two attached hydrogens (primary N) is 1. The maximum atomic E-state index is 2.71. The van der Waals surface area contributed by atoms with Crippen LogP contribution in [0, 0.1) is 11.8 Å². The predicted octanol–water partition coefficient (Wildman–Crippen LogP) is 1.47. The van der Waals surface area contributed by atoms with Crippen molar-refractivity contribution in [3.05, 3.63) is 0 Å². The van der Waals surface area contributed by atoms with Crippen molar-refractivity contribution in [2.75, 3.05) is 32.7 Å². The highest BCUT2D eigenvalue weighted by atomic mass is 15.1. The van der Waals surface area contributed by atoms with Gasteiger partial charge in [0, 0.05) is 0 Å². The van der Waals surface area contributed by atoms with Crippen molar-refractivity contribution in [1.29, 1.82) is 0 Å². The molecule has 0 saturated carbocycles. The molecule has 0 aliphatic carbocycles. The van der Waals surface area contributed by atoms with E-state index < -0.39 is 0 Å². The standard InChI is InChI=1S/C14H28N2/c1-2-13-5-10-16(11-6-13)12-7-14-3-8-15-9-4-14/h13-15H,2-12H2,1H3/p+1. The second-order valence-corrected chi connectivity index (χ2v) is 5.79. The molecule has 2 nitrogen and oxygen atoms in total. The van der Waals surface area contributed by atoms with E-state index in [2.05, 4.69) is 17.1 Å². The fourth-order valence-electron chi connectivity index (χ4n) is 3.27. The molecule has 0 aromatic rings. The van der Waals surface area contributed by atoms with E-state index in [4.69, 9.17) is 0 Å². The predicted molar refractivity (Wildman–Crippen MR) is 68.5 cm³/mol. The fraction of sp³-hybridized carbons (Fsp3) is 1.00. The highest BCUT2D eigenvalue weighted by Gasteiger charge is 2.20. The van der Waals surface area contributed by atoms with E-state index >= 15 is 0 Å². The minimum Gasteiger partial charge on any atom is -0.346 e. The van der Waals surface area contributed by atoms with Gasteiger partial charge < -0.3 is 10.2 Å². The Labute approximate surface area is 101 Å². The van der Waals surface area contributed by atoms with Crippen LogP contribution < -0.4 is 5.32 Å². The average Bonchev–Trinajstić information content (AvgIpc) is 2.38. The van der Waals surface area contributed by atoms with Gasteiger partial charge >= 0.3 is 0 Å². The van der Waals surface area contributed by atoms with Crippen molar-refractivity contribution in [3.63, 3.8) is 0 Å². The van der Waals surface area contributed by atoms with E-state index in [0.717, 1.165) is 11.8 Å². The summed E-state index contributed by atoms with van der Waals surface area (Å²) in [6.45, 7) is 9.22. The zero-order chi connectivity index (χ0) is 11.2. The molecule has 2 fully saturated rings. The summed E-state index contributed by atoms with van der Waals surface area (Å²) < 4.78 is 0. The van der Waals surface area contributed by atoms with Gasteiger partial charge in [-0.3, -0.25) is 0 Å². The molecule has 2 saturated heterocycles. The van der Waals surface area contributed by atoms with Crippen molar-refractivity contribution < 1.29 is 5.32 Å². The number of piperidine rings is 2. The SMILES string of the molecule is CCC1CCN(CCC2CC[NH2+]CC2)CC1. The Morgan fingerprint density at radius 3 is 2.31 bits per heavy atom. The summed E-state index contributed by atoms with van der Waals surface area (Å²) in [4.78, 5) is 2.71. The van der Waals surface area contributed by atoms with E-state index in [1.165, 1.54) is 71.2 Å². The lowest BCUT2D eigenvalue weighted by molar-refractivity contribution is -0.664. The van der Waals surface area contributed by atoms with Gasteiger partial charge in [0.05, 0.1) is 13.1 Å². The van der Waals surface area contributed by atoms with Crippen LogP contribution in [-0.4, -0.2) is 37.6 Å². The molecule has 2 rings (SSSR count). The fourth-order valence-corrected chi connectivity index (χ4v) is 3.27. The topological polar surface area (TPSA) is 19.9 Å². The molecular formula is C14H29N2+. The smallest absolute Gasteiger partial charge is 0.0758 e. The first-order chi connectivity index (χ1) is 7.88.